The Bertz CT molecular complexity index is 230. The summed E-state index contributed by atoms with van der Waals surface area (Å²) >= 11 is 0. The van der Waals surface area contributed by atoms with Crippen molar-refractivity contribution in [2.75, 3.05) is 19.6 Å². The molecule has 13 heavy (non-hydrogen) atoms. The highest BCUT2D eigenvalue weighted by atomic mass is 16.2. The van der Waals surface area contributed by atoms with Crippen LogP contribution in [0.2, 0.25) is 0 Å². The van der Waals surface area contributed by atoms with Gasteiger partial charge < -0.3 is 10.2 Å². The van der Waals surface area contributed by atoms with Gasteiger partial charge in [0.05, 0.1) is 13.1 Å². The number of rotatable bonds is 1. The van der Waals surface area contributed by atoms with Crippen LogP contribution in [-0.2, 0) is 9.59 Å². The number of amides is 2. The molecule has 0 unspecified atom stereocenters. The van der Waals surface area contributed by atoms with E-state index >= 15 is 0 Å². The molecule has 1 saturated heterocycles. The third kappa shape index (κ3) is 3.05. The highest BCUT2D eigenvalue weighted by molar-refractivity contribution is 5.92. The van der Waals surface area contributed by atoms with Gasteiger partial charge in [-0.3, -0.25) is 9.59 Å². The van der Waals surface area contributed by atoms with Crippen molar-refractivity contribution in [3.8, 4) is 0 Å². The zero-order valence-corrected chi connectivity index (χ0v) is 8.39. The van der Waals surface area contributed by atoms with Gasteiger partial charge in [-0.05, 0) is 5.41 Å². The Hall–Kier alpha value is -1.06. The van der Waals surface area contributed by atoms with E-state index in [0.717, 1.165) is 0 Å². The van der Waals surface area contributed by atoms with Crippen molar-refractivity contribution < 1.29 is 9.59 Å². The first-order valence-corrected chi connectivity index (χ1v) is 4.43. The Morgan fingerprint density at radius 3 is 2.54 bits per heavy atom. The molecule has 0 aliphatic carbocycles. The first-order valence-electron chi connectivity index (χ1n) is 4.43. The molecule has 1 aliphatic heterocycles. The molecule has 0 aromatic heterocycles. The minimum Gasteiger partial charge on any atom is -0.345 e. The molecule has 4 nitrogen and oxygen atoms in total. The van der Waals surface area contributed by atoms with Crippen molar-refractivity contribution in [2.45, 2.75) is 20.8 Å². The molecule has 1 N–H and O–H groups in total. The van der Waals surface area contributed by atoms with E-state index in [0.29, 0.717) is 6.54 Å². The smallest absolute Gasteiger partial charge is 0.242 e. The molecule has 0 aromatic carbocycles. The fraction of sp³-hybridized carbons (Fsp3) is 0.778. The zero-order chi connectivity index (χ0) is 10.1. The van der Waals surface area contributed by atoms with Crippen LogP contribution < -0.4 is 5.32 Å². The van der Waals surface area contributed by atoms with Crippen LogP contribution in [0.4, 0.5) is 0 Å². The van der Waals surface area contributed by atoms with Gasteiger partial charge in [-0.1, -0.05) is 20.8 Å². The van der Waals surface area contributed by atoms with E-state index in [9.17, 15) is 9.59 Å². The standard InChI is InChI=1S/C9H16N2O2/c1-9(2,3)6-11-5-7(12)10-4-8(11)13/h4-6H2,1-3H3,(H,10,12). The van der Waals surface area contributed by atoms with Gasteiger partial charge in [-0.15, -0.1) is 0 Å². The Kier molecular flexibility index (Phi) is 2.59. The summed E-state index contributed by atoms with van der Waals surface area (Å²) in [6.07, 6.45) is 0. The molecule has 0 saturated carbocycles. The Balaban J connectivity index is 2.57. The lowest BCUT2D eigenvalue weighted by Crippen LogP contribution is -2.53. The van der Waals surface area contributed by atoms with Crippen LogP contribution in [0.25, 0.3) is 0 Å². The maximum absolute atomic E-state index is 11.3. The molecule has 1 aliphatic rings. The number of hydrogen-bond acceptors (Lipinski definition) is 2. The number of nitrogens with one attached hydrogen (secondary N) is 1. The van der Waals surface area contributed by atoms with E-state index in [2.05, 4.69) is 5.32 Å². The highest BCUT2D eigenvalue weighted by Gasteiger charge is 2.26. The maximum atomic E-state index is 11.3. The monoisotopic (exact) mass is 184 g/mol. The minimum atomic E-state index is -0.0659. The first-order chi connectivity index (χ1) is 5.88. The van der Waals surface area contributed by atoms with Gasteiger partial charge in [-0.2, -0.15) is 0 Å². The number of carbonyl (C=O) groups excluding carboxylic acids is 2. The van der Waals surface area contributed by atoms with Crippen molar-refractivity contribution in [3.05, 3.63) is 0 Å². The van der Waals surface area contributed by atoms with E-state index in [1.54, 1.807) is 4.90 Å². The van der Waals surface area contributed by atoms with E-state index in [1.165, 1.54) is 0 Å². The second kappa shape index (κ2) is 3.36. The van der Waals surface area contributed by atoms with Gasteiger partial charge >= 0.3 is 0 Å². The summed E-state index contributed by atoms with van der Waals surface area (Å²) in [6.45, 7) is 7.14. The molecule has 74 valence electrons. The number of carbonyl (C=O) groups is 2. The van der Waals surface area contributed by atoms with Crippen LogP contribution in [-0.4, -0.2) is 36.3 Å². The Morgan fingerprint density at radius 2 is 2.00 bits per heavy atom. The van der Waals surface area contributed by atoms with E-state index < -0.39 is 0 Å². The molecule has 4 heteroatoms. The molecule has 0 aromatic rings. The number of hydrogen-bond donors (Lipinski definition) is 1. The fourth-order valence-electron chi connectivity index (χ4n) is 1.32. The van der Waals surface area contributed by atoms with Crippen LogP contribution >= 0.6 is 0 Å². The average molecular weight is 184 g/mol. The molecule has 0 atom stereocenters. The van der Waals surface area contributed by atoms with Crippen LogP contribution in [0.1, 0.15) is 20.8 Å². The van der Waals surface area contributed by atoms with Gasteiger partial charge in [0.25, 0.3) is 0 Å². The number of nitrogens with zero attached hydrogens (tertiary/aromatic N) is 1. The predicted molar refractivity (Wildman–Crippen MR) is 49.0 cm³/mol. The van der Waals surface area contributed by atoms with Crippen LogP contribution in [0.3, 0.4) is 0 Å². The topological polar surface area (TPSA) is 49.4 Å². The van der Waals surface area contributed by atoms with Crippen molar-refractivity contribution in [2.24, 2.45) is 5.41 Å². The SMILES string of the molecule is CC(C)(C)CN1CC(=O)NCC1=O. The lowest BCUT2D eigenvalue weighted by Gasteiger charge is -2.32. The largest absolute Gasteiger partial charge is 0.345 e. The molecule has 1 fully saturated rings. The van der Waals surface area contributed by atoms with Crippen LogP contribution in [0.5, 0.6) is 0 Å². The molecule has 0 bridgehead atoms. The summed E-state index contributed by atoms with van der Waals surface area (Å²) in [5.41, 5.74) is 0.0489. The molecular weight excluding hydrogens is 168 g/mol. The van der Waals surface area contributed by atoms with E-state index in [1.807, 2.05) is 20.8 Å². The van der Waals surface area contributed by atoms with Gasteiger partial charge in [0.2, 0.25) is 11.8 Å². The van der Waals surface area contributed by atoms with Crippen molar-refractivity contribution in [3.63, 3.8) is 0 Å². The quantitative estimate of drug-likeness (QED) is 0.623. The van der Waals surface area contributed by atoms with E-state index in [-0.39, 0.29) is 30.3 Å². The fourth-order valence-corrected chi connectivity index (χ4v) is 1.32. The predicted octanol–water partition coefficient (Wildman–Crippen LogP) is -0.00910. The molecule has 1 heterocycles. The molecule has 0 radical (unpaired) electrons. The molecule has 2 amide bonds. The lowest BCUT2D eigenvalue weighted by molar-refractivity contribution is -0.141. The van der Waals surface area contributed by atoms with Crippen LogP contribution in [0.15, 0.2) is 0 Å². The zero-order valence-electron chi connectivity index (χ0n) is 8.39. The summed E-state index contributed by atoms with van der Waals surface area (Å²) in [5.74, 6) is -0.0571. The highest BCUT2D eigenvalue weighted by Crippen LogP contribution is 2.15. The van der Waals surface area contributed by atoms with Gasteiger partial charge in [0.1, 0.15) is 0 Å². The van der Waals surface area contributed by atoms with Crippen molar-refractivity contribution in [1.82, 2.24) is 10.2 Å². The Morgan fingerprint density at radius 1 is 1.38 bits per heavy atom. The van der Waals surface area contributed by atoms with Crippen LogP contribution in [0, 0.1) is 5.41 Å². The van der Waals surface area contributed by atoms with E-state index in [4.69, 9.17) is 0 Å². The molecule has 0 spiro atoms. The minimum absolute atomic E-state index is 0.00882. The summed E-state index contributed by atoms with van der Waals surface area (Å²) in [7, 11) is 0. The lowest BCUT2D eigenvalue weighted by atomic mass is 9.96. The second-order valence-corrected chi connectivity index (χ2v) is 4.59. The summed E-state index contributed by atoms with van der Waals surface area (Å²) in [5, 5.41) is 2.52. The molecule has 1 rings (SSSR count). The van der Waals surface area contributed by atoms with Gasteiger partial charge in [0, 0.05) is 6.54 Å². The number of piperazine rings is 1. The maximum Gasteiger partial charge on any atom is 0.242 e. The normalized spacial score (nSPS) is 18.8. The third-order valence-corrected chi connectivity index (χ3v) is 1.79. The van der Waals surface area contributed by atoms with Crippen molar-refractivity contribution in [1.29, 1.82) is 0 Å². The Labute approximate surface area is 78.3 Å². The second-order valence-electron chi connectivity index (χ2n) is 4.59. The summed E-state index contributed by atoms with van der Waals surface area (Å²) in [6, 6.07) is 0. The van der Waals surface area contributed by atoms with Gasteiger partial charge in [0.15, 0.2) is 0 Å². The summed E-state index contributed by atoms with van der Waals surface area (Å²) < 4.78 is 0. The summed E-state index contributed by atoms with van der Waals surface area (Å²) in [4.78, 5) is 23.9. The first kappa shape index (κ1) is 10.0. The van der Waals surface area contributed by atoms with Crippen molar-refractivity contribution >= 4 is 11.8 Å². The molecular formula is C9H16N2O2. The third-order valence-electron chi connectivity index (χ3n) is 1.79. The van der Waals surface area contributed by atoms with Gasteiger partial charge in [-0.25, -0.2) is 0 Å². The average Bonchev–Trinajstić information content (AvgIpc) is 1.94.